The number of likely N-dealkylation sites (tertiary alicyclic amines) is 2. The van der Waals surface area contributed by atoms with Gasteiger partial charge in [-0.25, -0.2) is 0 Å². The molecule has 1 aromatic carbocycles. The zero-order chi connectivity index (χ0) is 16.2. The summed E-state index contributed by atoms with van der Waals surface area (Å²) in [4.78, 5) is 17.4. The molecule has 2 heterocycles. The monoisotopic (exact) mass is 311 g/mol. The highest BCUT2D eigenvalue weighted by Gasteiger charge is 2.38. The first-order valence-corrected chi connectivity index (χ1v) is 8.75. The maximum atomic E-state index is 12.8. The lowest BCUT2D eigenvalue weighted by Gasteiger charge is -2.34. The Kier molecular flexibility index (Phi) is 4.97. The van der Waals surface area contributed by atoms with E-state index in [1.807, 2.05) is 12.1 Å². The lowest BCUT2D eigenvalue weighted by molar-refractivity contribution is -0.132. The molecule has 122 valence electrons. The van der Waals surface area contributed by atoms with Gasteiger partial charge in [-0.1, -0.05) is 19.1 Å². The van der Waals surface area contributed by atoms with Crippen molar-refractivity contribution in [3.05, 3.63) is 35.4 Å². The summed E-state index contributed by atoms with van der Waals surface area (Å²) >= 11 is 0. The van der Waals surface area contributed by atoms with Gasteiger partial charge >= 0.3 is 0 Å². The van der Waals surface area contributed by atoms with E-state index in [0.717, 1.165) is 31.5 Å². The van der Waals surface area contributed by atoms with Crippen LogP contribution < -0.4 is 0 Å². The lowest BCUT2D eigenvalue weighted by atomic mass is 10.0. The molecule has 0 aliphatic carbocycles. The second kappa shape index (κ2) is 7.14. The van der Waals surface area contributed by atoms with E-state index < -0.39 is 0 Å². The van der Waals surface area contributed by atoms with Crippen LogP contribution in [0.3, 0.4) is 0 Å². The Labute approximate surface area is 138 Å². The standard InChI is InChI=1S/C19H25N3O/c1-2-21-11-3-5-17(21)18-6-4-12-22(18)19(23)13-15-7-9-16(14-20)10-8-15/h7-10,17-18H,2-6,11-13H2,1H3/t17-,18-/m0/s1. The Bertz CT molecular complexity index is 590. The van der Waals surface area contributed by atoms with Crippen molar-refractivity contribution in [3.8, 4) is 6.07 Å². The summed E-state index contributed by atoms with van der Waals surface area (Å²) in [5.74, 6) is 0.236. The quantitative estimate of drug-likeness (QED) is 0.858. The molecule has 1 aromatic rings. The van der Waals surface area contributed by atoms with Gasteiger partial charge in [0, 0.05) is 18.6 Å². The van der Waals surface area contributed by atoms with Gasteiger partial charge in [0.2, 0.25) is 5.91 Å². The van der Waals surface area contributed by atoms with E-state index in [4.69, 9.17) is 5.26 Å². The molecule has 3 rings (SSSR count). The van der Waals surface area contributed by atoms with Gasteiger partial charge in [-0.05, 0) is 56.5 Å². The minimum atomic E-state index is 0.236. The maximum Gasteiger partial charge on any atom is 0.227 e. The number of amides is 1. The van der Waals surface area contributed by atoms with Crippen molar-refractivity contribution in [1.82, 2.24) is 9.80 Å². The van der Waals surface area contributed by atoms with Crippen LogP contribution in [0.1, 0.15) is 43.7 Å². The molecular formula is C19H25N3O. The molecular weight excluding hydrogens is 286 g/mol. The predicted molar refractivity (Wildman–Crippen MR) is 89.9 cm³/mol. The second-order valence-electron chi connectivity index (χ2n) is 6.62. The zero-order valence-electron chi connectivity index (χ0n) is 13.9. The van der Waals surface area contributed by atoms with Crippen LogP contribution in [-0.2, 0) is 11.2 Å². The number of benzene rings is 1. The first kappa shape index (κ1) is 16.0. The number of rotatable bonds is 4. The molecule has 0 N–H and O–H groups in total. The second-order valence-corrected chi connectivity index (χ2v) is 6.62. The van der Waals surface area contributed by atoms with Crippen LogP contribution in [0.25, 0.3) is 0 Å². The molecule has 2 fully saturated rings. The summed E-state index contributed by atoms with van der Waals surface area (Å²) in [6.45, 7) is 5.37. The number of nitriles is 1. The van der Waals surface area contributed by atoms with Crippen LogP contribution >= 0.6 is 0 Å². The lowest BCUT2D eigenvalue weighted by Crippen LogP contribution is -2.48. The van der Waals surface area contributed by atoms with Crippen LogP contribution in [0, 0.1) is 11.3 Å². The Morgan fingerprint density at radius 1 is 1.17 bits per heavy atom. The Morgan fingerprint density at radius 2 is 1.87 bits per heavy atom. The molecule has 0 unspecified atom stereocenters. The molecule has 4 nitrogen and oxygen atoms in total. The van der Waals surface area contributed by atoms with E-state index in [1.54, 1.807) is 12.1 Å². The molecule has 0 spiro atoms. The summed E-state index contributed by atoms with van der Waals surface area (Å²) in [6.07, 6.45) is 5.19. The number of hydrogen-bond acceptors (Lipinski definition) is 3. The van der Waals surface area contributed by atoms with Crippen molar-refractivity contribution in [2.45, 2.75) is 51.1 Å². The van der Waals surface area contributed by atoms with Crippen LogP contribution in [0.4, 0.5) is 0 Å². The van der Waals surface area contributed by atoms with Gasteiger partial charge in [-0.15, -0.1) is 0 Å². The van der Waals surface area contributed by atoms with E-state index in [1.165, 1.54) is 19.4 Å². The summed E-state index contributed by atoms with van der Waals surface area (Å²) in [6, 6.07) is 10.4. The zero-order valence-corrected chi connectivity index (χ0v) is 13.9. The molecule has 0 aromatic heterocycles. The van der Waals surface area contributed by atoms with Crippen molar-refractivity contribution < 1.29 is 4.79 Å². The minimum absolute atomic E-state index is 0.236. The summed E-state index contributed by atoms with van der Waals surface area (Å²) in [5.41, 5.74) is 1.64. The van der Waals surface area contributed by atoms with E-state index in [0.29, 0.717) is 24.1 Å². The van der Waals surface area contributed by atoms with E-state index >= 15 is 0 Å². The van der Waals surface area contributed by atoms with Crippen LogP contribution in [0.5, 0.6) is 0 Å². The molecule has 2 aliphatic heterocycles. The fourth-order valence-electron chi connectivity index (χ4n) is 4.16. The van der Waals surface area contributed by atoms with Gasteiger partial charge in [0.25, 0.3) is 0 Å². The molecule has 0 bridgehead atoms. The number of hydrogen-bond donors (Lipinski definition) is 0. The SMILES string of the molecule is CCN1CCC[C@H]1[C@@H]1CCCN1C(=O)Cc1ccc(C#N)cc1. The molecule has 2 atom stereocenters. The van der Waals surface area contributed by atoms with E-state index in [-0.39, 0.29) is 5.91 Å². The van der Waals surface area contributed by atoms with Crippen molar-refractivity contribution in [2.75, 3.05) is 19.6 Å². The number of carbonyl (C=O) groups is 1. The van der Waals surface area contributed by atoms with Gasteiger partial charge in [-0.2, -0.15) is 5.26 Å². The summed E-state index contributed by atoms with van der Waals surface area (Å²) in [5, 5.41) is 8.86. The number of nitrogens with zero attached hydrogens (tertiary/aromatic N) is 3. The Morgan fingerprint density at radius 3 is 2.57 bits per heavy atom. The molecule has 0 radical (unpaired) electrons. The largest absolute Gasteiger partial charge is 0.338 e. The third kappa shape index (κ3) is 3.40. The van der Waals surface area contributed by atoms with Crippen LogP contribution in [0.2, 0.25) is 0 Å². The molecule has 2 aliphatic rings. The van der Waals surface area contributed by atoms with E-state index in [2.05, 4.69) is 22.8 Å². The summed E-state index contributed by atoms with van der Waals surface area (Å²) in [7, 11) is 0. The topological polar surface area (TPSA) is 47.3 Å². The number of likely N-dealkylation sites (N-methyl/N-ethyl adjacent to an activating group) is 1. The Balaban J connectivity index is 1.67. The highest BCUT2D eigenvalue weighted by Crippen LogP contribution is 2.30. The van der Waals surface area contributed by atoms with Gasteiger partial charge in [0.1, 0.15) is 0 Å². The van der Waals surface area contributed by atoms with Gasteiger partial charge in [0.15, 0.2) is 0 Å². The fourth-order valence-corrected chi connectivity index (χ4v) is 4.16. The average Bonchev–Trinajstić information content (AvgIpc) is 3.23. The van der Waals surface area contributed by atoms with Gasteiger partial charge in [0.05, 0.1) is 18.1 Å². The Hall–Kier alpha value is -1.86. The molecule has 4 heteroatoms. The highest BCUT2D eigenvalue weighted by molar-refractivity contribution is 5.79. The number of carbonyl (C=O) groups excluding carboxylic acids is 1. The predicted octanol–water partition coefficient (Wildman–Crippen LogP) is 2.58. The van der Waals surface area contributed by atoms with Crippen molar-refractivity contribution in [1.29, 1.82) is 5.26 Å². The molecule has 23 heavy (non-hydrogen) atoms. The molecule has 0 saturated carbocycles. The van der Waals surface area contributed by atoms with Gasteiger partial charge < -0.3 is 4.90 Å². The van der Waals surface area contributed by atoms with Gasteiger partial charge in [-0.3, -0.25) is 9.69 Å². The first-order valence-electron chi connectivity index (χ1n) is 8.75. The average molecular weight is 311 g/mol. The van der Waals surface area contributed by atoms with E-state index in [9.17, 15) is 4.79 Å². The van der Waals surface area contributed by atoms with Crippen molar-refractivity contribution >= 4 is 5.91 Å². The first-order chi connectivity index (χ1) is 11.2. The summed E-state index contributed by atoms with van der Waals surface area (Å²) < 4.78 is 0. The molecule has 2 saturated heterocycles. The smallest absolute Gasteiger partial charge is 0.227 e. The van der Waals surface area contributed by atoms with Crippen molar-refractivity contribution in [2.24, 2.45) is 0 Å². The minimum Gasteiger partial charge on any atom is -0.338 e. The van der Waals surface area contributed by atoms with Crippen LogP contribution in [0.15, 0.2) is 24.3 Å². The fraction of sp³-hybridized carbons (Fsp3) is 0.579. The molecule has 1 amide bonds. The third-order valence-electron chi connectivity index (χ3n) is 5.32. The van der Waals surface area contributed by atoms with Crippen LogP contribution in [-0.4, -0.2) is 47.4 Å². The normalized spacial score (nSPS) is 24.8. The van der Waals surface area contributed by atoms with Crippen molar-refractivity contribution in [3.63, 3.8) is 0 Å². The third-order valence-corrected chi connectivity index (χ3v) is 5.32. The highest BCUT2D eigenvalue weighted by atomic mass is 16.2. The maximum absolute atomic E-state index is 12.8.